The first kappa shape index (κ1) is 37.9. The average molecular weight is 669 g/mol. The minimum atomic E-state index is -3.67. The highest BCUT2D eigenvalue weighted by atomic mass is 32.2. The van der Waals surface area contributed by atoms with Crippen LogP contribution in [0.2, 0.25) is 0 Å². The zero-order chi connectivity index (χ0) is 34.7. The molecule has 244 valence electrons. The van der Waals surface area contributed by atoms with Crippen LogP contribution in [0.25, 0.3) is 10.8 Å². The van der Waals surface area contributed by atoms with Crippen molar-refractivity contribution < 1.29 is 49.8 Å². The number of fused-ring (bicyclic) bond motifs is 1. The summed E-state index contributed by atoms with van der Waals surface area (Å²) in [4.78, 5) is 39.0. The van der Waals surface area contributed by atoms with Crippen LogP contribution < -0.4 is 21.5 Å². The first-order chi connectivity index (χ1) is 20.6. The van der Waals surface area contributed by atoms with Crippen LogP contribution in [0, 0.1) is 10.8 Å². The fourth-order valence-corrected chi connectivity index (χ4v) is 3.11. The molecule has 0 heterocycles. The Hall–Kier alpha value is -5.11. The van der Waals surface area contributed by atoms with Gasteiger partial charge in [0.25, 0.3) is 26.1 Å². The number of guanidine groups is 1. The number of anilines is 1. The van der Waals surface area contributed by atoms with E-state index in [4.69, 9.17) is 40.9 Å². The van der Waals surface area contributed by atoms with Crippen molar-refractivity contribution in [3.05, 3.63) is 71.3 Å². The van der Waals surface area contributed by atoms with E-state index in [9.17, 15) is 31.2 Å². The summed E-state index contributed by atoms with van der Waals surface area (Å²) in [6.45, 7) is -0.494. The van der Waals surface area contributed by atoms with E-state index in [0.717, 1.165) is 0 Å². The zero-order valence-electron chi connectivity index (χ0n) is 24.4. The molecule has 0 atom stereocenters. The minimum absolute atomic E-state index is 0.0487. The lowest BCUT2D eigenvalue weighted by molar-refractivity contribution is -0.131. The molecule has 0 spiro atoms. The summed E-state index contributed by atoms with van der Waals surface area (Å²) in [6.07, 6.45) is 1.43. The van der Waals surface area contributed by atoms with E-state index in [2.05, 4.69) is 5.32 Å². The number of benzene rings is 3. The van der Waals surface area contributed by atoms with Gasteiger partial charge in [-0.25, -0.2) is 9.59 Å². The molecule has 0 saturated heterocycles. The van der Waals surface area contributed by atoms with Gasteiger partial charge in [-0.15, -0.1) is 0 Å². The molecule has 0 aliphatic heterocycles. The molecule has 1 amide bonds. The number of esters is 2. The van der Waals surface area contributed by atoms with E-state index in [1.807, 2.05) is 0 Å². The molecule has 0 fully saturated rings. The number of hydrogen-bond donors (Lipinski definition) is 7. The van der Waals surface area contributed by atoms with Crippen LogP contribution in [0.5, 0.6) is 5.75 Å². The average Bonchev–Trinajstić information content (AvgIpc) is 2.89. The number of hydrogen-bond acceptors (Lipinski definition) is 11. The molecular formula is C26H32N6O11S2. The third-order valence-electron chi connectivity index (χ3n) is 4.92. The molecule has 0 bridgehead atoms. The Bertz CT molecular complexity index is 1760. The monoisotopic (exact) mass is 668 g/mol. The molecule has 17 nitrogen and oxygen atoms in total. The van der Waals surface area contributed by atoms with Gasteiger partial charge in [0.2, 0.25) is 0 Å². The van der Waals surface area contributed by atoms with Crippen molar-refractivity contribution in [2.75, 3.05) is 38.5 Å². The molecule has 0 aromatic heterocycles. The summed E-state index contributed by atoms with van der Waals surface area (Å²) < 4.78 is 62.4. The Kier molecular flexibility index (Phi) is 13.6. The van der Waals surface area contributed by atoms with Gasteiger partial charge in [0.05, 0.1) is 18.1 Å². The number of ether oxygens (including phenoxy) is 2. The number of carbonyl (C=O) groups is 3. The van der Waals surface area contributed by atoms with E-state index >= 15 is 0 Å². The van der Waals surface area contributed by atoms with Gasteiger partial charge in [-0.3, -0.25) is 24.7 Å². The molecular weight excluding hydrogens is 636 g/mol. The molecule has 0 aliphatic rings. The summed E-state index contributed by atoms with van der Waals surface area (Å²) in [7, 11) is -4.27. The number of likely N-dealkylation sites (N-methyl/N-ethyl adjacent to an activating group) is 1. The van der Waals surface area contributed by atoms with Gasteiger partial charge in [0.1, 0.15) is 17.1 Å². The minimum Gasteiger partial charge on any atom is -0.452 e. The lowest BCUT2D eigenvalue weighted by atomic mass is 10.0. The third-order valence-corrected chi connectivity index (χ3v) is 4.92. The van der Waals surface area contributed by atoms with Crippen LogP contribution in [-0.4, -0.2) is 93.7 Å². The third kappa shape index (κ3) is 14.8. The van der Waals surface area contributed by atoms with Crippen molar-refractivity contribution >= 4 is 66.3 Å². The second kappa shape index (κ2) is 16.1. The Morgan fingerprint density at radius 2 is 1.36 bits per heavy atom. The van der Waals surface area contributed by atoms with Crippen LogP contribution in [0.3, 0.4) is 0 Å². The van der Waals surface area contributed by atoms with Crippen molar-refractivity contribution in [2.24, 2.45) is 11.5 Å². The maximum Gasteiger partial charge on any atom is 0.343 e. The van der Waals surface area contributed by atoms with Crippen LogP contribution in [0.4, 0.5) is 5.69 Å². The van der Waals surface area contributed by atoms with Crippen LogP contribution in [-0.2, 0) is 29.8 Å². The first-order valence-electron chi connectivity index (χ1n) is 12.1. The fourth-order valence-electron chi connectivity index (χ4n) is 3.11. The standard InChI is InChI=1S/C24H24N6O5.2CH4O3S/c1-30(2)19(31)12-34-23(33)20-17-9-5-15(21(25)26)11-14(17)6-10-18(20)35-22(32)13-3-7-16(8-4-13)29-24(27)28;2*1-5(2,3)4/h3-11H,12H2,1-2H3,(H3,25,26)(H4,27,28,29);2*1H3,(H,2,3,4). The van der Waals surface area contributed by atoms with Gasteiger partial charge >= 0.3 is 11.9 Å². The summed E-state index contributed by atoms with van der Waals surface area (Å²) >= 11 is 0. The normalized spacial score (nSPS) is 10.6. The van der Waals surface area contributed by atoms with Gasteiger partial charge in [-0.2, -0.15) is 16.8 Å². The summed E-state index contributed by atoms with van der Waals surface area (Å²) in [5, 5.41) is 18.4. The number of nitrogens with zero attached hydrogens (tertiary/aromatic N) is 1. The van der Waals surface area contributed by atoms with Gasteiger partial charge < -0.3 is 31.2 Å². The van der Waals surface area contributed by atoms with Gasteiger partial charge in [-0.05, 0) is 41.8 Å². The Balaban J connectivity index is 0.000000877. The molecule has 0 unspecified atom stereocenters. The van der Waals surface area contributed by atoms with E-state index < -0.39 is 44.7 Å². The highest BCUT2D eigenvalue weighted by Gasteiger charge is 2.22. The van der Waals surface area contributed by atoms with Crippen molar-refractivity contribution in [3.8, 4) is 5.75 Å². The molecule has 0 aliphatic carbocycles. The number of nitrogen functional groups attached to an aromatic ring is 1. The van der Waals surface area contributed by atoms with E-state index in [-0.39, 0.29) is 28.7 Å². The number of carbonyl (C=O) groups excluding carboxylic acids is 3. The zero-order valence-corrected chi connectivity index (χ0v) is 26.0. The summed E-state index contributed by atoms with van der Waals surface area (Å²) in [5.41, 5.74) is 12.0. The maximum atomic E-state index is 13.0. The Morgan fingerprint density at radius 1 is 0.844 bits per heavy atom. The number of amides is 1. The van der Waals surface area contributed by atoms with Gasteiger partial charge in [0.15, 0.2) is 12.6 Å². The van der Waals surface area contributed by atoms with E-state index in [0.29, 0.717) is 34.5 Å². The van der Waals surface area contributed by atoms with Crippen molar-refractivity contribution in [2.45, 2.75) is 0 Å². The van der Waals surface area contributed by atoms with E-state index in [1.54, 1.807) is 36.4 Å². The molecule has 0 saturated carbocycles. The van der Waals surface area contributed by atoms with Crippen LogP contribution >= 0.6 is 0 Å². The van der Waals surface area contributed by atoms with Crippen LogP contribution in [0.15, 0.2) is 54.6 Å². The summed E-state index contributed by atoms with van der Waals surface area (Å²) in [5.74, 6) is -2.48. The molecule has 9 N–H and O–H groups in total. The highest BCUT2D eigenvalue weighted by molar-refractivity contribution is 7.85. The molecule has 45 heavy (non-hydrogen) atoms. The lowest BCUT2D eigenvalue weighted by Crippen LogP contribution is -2.27. The largest absolute Gasteiger partial charge is 0.452 e. The Labute approximate surface area is 258 Å². The fraction of sp³-hybridized carbons (Fsp3) is 0.192. The van der Waals surface area contributed by atoms with Gasteiger partial charge in [-0.1, -0.05) is 18.2 Å². The smallest absolute Gasteiger partial charge is 0.343 e. The molecule has 3 aromatic rings. The first-order valence-corrected chi connectivity index (χ1v) is 15.8. The topological polar surface area (TPSA) is 293 Å². The molecule has 19 heteroatoms. The van der Waals surface area contributed by atoms with Crippen molar-refractivity contribution in [1.82, 2.24) is 4.90 Å². The SMILES string of the molecule is CN(C)C(=O)COC(=O)c1c(OC(=O)c2ccc(NC(=N)N)cc2)ccc2cc(C(=N)N)ccc12.CS(=O)(=O)O.CS(=O)(=O)O. The maximum absolute atomic E-state index is 13.0. The predicted molar refractivity (Wildman–Crippen MR) is 166 cm³/mol. The van der Waals surface area contributed by atoms with Crippen molar-refractivity contribution in [1.29, 1.82) is 10.8 Å². The Morgan fingerprint density at radius 3 is 1.82 bits per heavy atom. The van der Waals surface area contributed by atoms with Crippen LogP contribution in [0.1, 0.15) is 26.3 Å². The predicted octanol–water partition coefficient (Wildman–Crippen LogP) is 0.901. The number of nitrogens with two attached hydrogens (primary N) is 2. The second-order valence-electron chi connectivity index (χ2n) is 9.12. The second-order valence-corrected chi connectivity index (χ2v) is 12.1. The number of amidine groups is 1. The lowest BCUT2D eigenvalue weighted by Gasteiger charge is -2.15. The molecule has 3 aromatic carbocycles. The molecule has 0 radical (unpaired) electrons. The highest BCUT2D eigenvalue weighted by Crippen LogP contribution is 2.30. The van der Waals surface area contributed by atoms with E-state index in [1.165, 1.54) is 37.2 Å². The quantitative estimate of drug-likeness (QED) is 0.0605. The summed E-state index contributed by atoms with van der Waals surface area (Å²) in [6, 6.07) is 13.8. The van der Waals surface area contributed by atoms with Crippen molar-refractivity contribution in [3.63, 3.8) is 0 Å². The number of rotatable bonds is 7. The van der Waals surface area contributed by atoms with Gasteiger partial charge in [0, 0.05) is 30.7 Å². The molecule has 3 rings (SSSR count). The number of nitrogens with one attached hydrogen (secondary N) is 3.